The van der Waals surface area contributed by atoms with Crippen LogP contribution < -0.4 is 5.32 Å². The molecule has 3 nitrogen and oxygen atoms in total. The van der Waals surface area contributed by atoms with Crippen LogP contribution in [0.4, 0.5) is 0 Å². The molecule has 0 spiro atoms. The van der Waals surface area contributed by atoms with E-state index in [0.717, 1.165) is 19.8 Å². The van der Waals surface area contributed by atoms with Crippen molar-refractivity contribution in [2.24, 2.45) is 0 Å². The van der Waals surface area contributed by atoms with Gasteiger partial charge in [0.1, 0.15) is 0 Å². The van der Waals surface area contributed by atoms with Crippen molar-refractivity contribution < 1.29 is 4.74 Å². The average Bonchev–Trinajstić information content (AvgIpc) is 2.52. The van der Waals surface area contributed by atoms with Crippen molar-refractivity contribution in [1.29, 1.82) is 0 Å². The molecule has 0 bridgehead atoms. The summed E-state index contributed by atoms with van der Waals surface area (Å²) in [6, 6.07) is 1.35. The zero-order valence-electron chi connectivity index (χ0n) is 11.2. The standard InChI is InChI=1S/C13H28N2O/c1-12(2)15(3)9-5-8-14-13-6-4-10-16-11-7-13/h12-14H,4-11H2,1-3H3. The molecule has 1 saturated heterocycles. The number of nitrogens with zero attached hydrogens (tertiary/aromatic N) is 1. The smallest absolute Gasteiger partial charge is 0.0480 e. The third-order valence-electron chi connectivity index (χ3n) is 3.45. The quantitative estimate of drug-likeness (QED) is 0.703. The van der Waals surface area contributed by atoms with Crippen molar-refractivity contribution in [2.45, 2.75) is 51.6 Å². The molecule has 1 unspecified atom stereocenters. The SMILES string of the molecule is CC(C)N(C)CCCNC1CCCOCC1. The molecule has 0 amide bonds. The van der Waals surface area contributed by atoms with Crippen molar-refractivity contribution in [3.05, 3.63) is 0 Å². The summed E-state index contributed by atoms with van der Waals surface area (Å²) >= 11 is 0. The maximum atomic E-state index is 5.45. The molecule has 0 aliphatic carbocycles. The van der Waals surface area contributed by atoms with Crippen LogP contribution in [0.15, 0.2) is 0 Å². The van der Waals surface area contributed by atoms with Crippen LogP contribution in [0.2, 0.25) is 0 Å². The van der Waals surface area contributed by atoms with Gasteiger partial charge in [0, 0.05) is 25.3 Å². The first-order valence-electron chi connectivity index (χ1n) is 6.71. The van der Waals surface area contributed by atoms with Gasteiger partial charge < -0.3 is 15.0 Å². The lowest BCUT2D eigenvalue weighted by Crippen LogP contribution is -2.33. The molecule has 0 aromatic rings. The normalized spacial score (nSPS) is 22.7. The summed E-state index contributed by atoms with van der Waals surface area (Å²) in [5.74, 6) is 0. The van der Waals surface area contributed by atoms with Crippen LogP contribution in [-0.2, 0) is 4.74 Å². The van der Waals surface area contributed by atoms with E-state index in [-0.39, 0.29) is 0 Å². The van der Waals surface area contributed by atoms with Crippen LogP contribution in [0.1, 0.15) is 39.5 Å². The van der Waals surface area contributed by atoms with Gasteiger partial charge in [0.15, 0.2) is 0 Å². The summed E-state index contributed by atoms with van der Waals surface area (Å²) < 4.78 is 5.45. The van der Waals surface area contributed by atoms with Gasteiger partial charge in [0.25, 0.3) is 0 Å². The van der Waals surface area contributed by atoms with E-state index in [9.17, 15) is 0 Å². The molecule has 0 aromatic heterocycles. The number of rotatable bonds is 6. The van der Waals surface area contributed by atoms with Gasteiger partial charge in [-0.05, 0) is 59.7 Å². The Hall–Kier alpha value is -0.120. The molecule has 3 heteroatoms. The van der Waals surface area contributed by atoms with E-state index >= 15 is 0 Å². The predicted molar refractivity (Wildman–Crippen MR) is 68.8 cm³/mol. The number of nitrogens with one attached hydrogen (secondary N) is 1. The molecular weight excluding hydrogens is 200 g/mol. The Kier molecular flexibility index (Phi) is 7.01. The number of hydrogen-bond donors (Lipinski definition) is 1. The second kappa shape index (κ2) is 8.04. The molecule has 0 radical (unpaired) electrons. The van der Waals surface area contributed by atoms with Crippen molar-refractivity contribution >= 4 is 0 Å². The second-order valence-corrected chi connectivity index (χ2v) is 5.12. The third kappa shape index (κ3) is 5.83. The van der Waals surface area contributed by atoms with Gasteiger partial charge in [-0.1, -0.05) is 0 Å². The van der Waals surface area contributed by atoms with Crippen LogP contribution in [0.5, 0.6) is 0 Å². The Morgan fingerprint density at radius 1 is 1.31 bits per heavy atom. The Labute approximate surface area is 101 Å². The van der Waals surface area contributed by atoms with E-state index in [4.69, 9.17) is 4.74 Å². The number of hydrogen-bond acceptors (Lipinski definition) is 3. The van der Waals surface area contributed by atoms with Crippen molar-refractivity contribution in [2.75, 3.05) is 33.4 Å². The Bertz CT molecular complexity index is 165. The molecule has 1 aliphatic heterocycles. The summed E-state index contributed by atoms with van der Waals surface area (Å²) in [7, 11) is 2.20. The van der Waals surface area contributed by atoms with E-state index in [1.54, 1.807) is 0 Å². The highest BCUT2D eigenvalue weighted by Gasteiger charge is 2.11. The van der Waals surface area contributed by atoms with Crippen molar-refractivity contribution in [3.63, 3.8) is 0 Å². The molecule has 1 heterocycles. The monoisotopic (exact) mass is 228 g/mol. The second-order valence-electron chi connectivity index (χ2n) is 5.12. The highest BCUT2D eigenvalue weighted by Crippen LogP contribution is 2.07. The molecule has 1 N–H and O–H groups in total. The highest BCUT2D eigenvalue weighted by atomic mass is 16.5. The van der Waals surface area contributed by atoms with Crippen LogP contribution in [0.3, 0.4) is 0 Å². The van der Waals surface area contributed by atoms with Gasteiger partial charge in [-0.3, -0.25) is 0 Å². The Morgan fingerprint density at radius 3 is 2.88 bits per heavy atom. The fourth-order valence-corrected chi connectivity index (χ4v) is 2.00. The molecule has 0 aromatic carbocycles. The Morgan fingerprint density at radius 2 is 2.12 bits per heavy atom. The topological polar surface area (TPSA) is 24.5 Å². The molecule has 1 fully saturated rings. The first-order valence-corrected chi connectivity index (χ1v) is 6.71. The van der Waals surface area contributed by atoms with Crippen LogP contribution in [0.25, 0.3) is 0 Å². The lowest BCUT2D eigenvalue weighted by molar-refractivity contribution is 0.142. The predicted octanol–water partition coefficient (Wildman–Crippen LogP) is 1.88. The molecule has 16 heavy (non-hydrogen) atoms. The van der Waals surface area contributed by atoms with Crippen LogP contribution >= 0.6 is 0 Å². The zero-order valence-corrected chi connectivity index (χ0v) is 11.2. The minimum atomic E-state index is 0.659. The fraction of sp³-hybridized carbons (Fsp3) is 1.00. The minimum Gasteiger partial charge on any atom is -0.381 e. The summed E-state index contributed by atoms with van der Waals surface area (Å²) in [6.07, 6.45) is 4.91. The number of ether oxygens (including phenoxy) is 1. The van der Waals surface area contributed by atoms with Crippen LogP contribution in [-0.4, -0.2) is 50.3 Å². The van der Waals surface area contributed by atoms with Gasteiger partial charge in [-0.25, -0.2) is 0 Å². The highest BCUT2D eigenvalue weighted by molar-refractivity contribution is 4.69. The first-order chi connectivity index (χ1) is 7.70. The van der Waals surface area contributed by atoms with Gasteiger partial charge >= 0.3 is 0 Å². The summed E-state index contributed by atoms with van der Waals surface area (Å²) in [5, 5.41) is 3.65. The molecule has 1 atom stereocenters. The van der Waals surface area contributed by atoms with Gasteiger partial charge in [0.05, 0.1) is 0 Å². The maximum Gasteiger partial charge on any atom is 0.0480 e. The molecular formula is C13H28N2O. The molecule has 96 valence electrons. The van der Waals surface area contributed by atoms with E-state index in [1.807, 2.05) is 0 Å². The molecule has 1 rings (SSSR count). The minimum absolute atomic E-state index is 0.659. The van der Waals surface area contributed by atoms with E-state index in [2.05, 4.69) is 31.1 Å². The molecule has 0 saturated carbocycles. The first kappa shape index (κ1) is 13.9. The third-order valence-corrected chi connectivity index (χ3v) is 3.45. The summed E-state index contributed by atoms with van der Waals surface area (Å²) in [6.45, 7) is 8.71. The fourth-order valence-electron chi connectivity index (χ4n) is 2.00. The maximum absolute atomic E-state index is 5.45. The van der Waals surface area contributed by atoms with Gasteiger partial charge in [-0.15, -0.1) is 0 Å². The summed E-state index contributed by atoms with van der Waals surface area (Å²) in [5.41, 5.74) is 0. The summed E-state index contributed by atoms with van der Waals surface area (Å²) in [4.78, 5) is 2.40. The Balaban J connectivity index is 2.01. The average molecular weight is 228 g/mol. The van der Waals surface area contributed by atoms with E-state index in [1.165, 1.54) is 32.2 Å². The van der Waals surface area contributed by atoms with Gasteiger partial charge in [-0.2, -0.15) is 0 Å². The van der Waals surface area contributed by atoms with Crippen molar-refractivity contribution in [3.8, 4) is 0 Å². The van der Waals surface area contributed by atoms with Crippen molar-refractivity contribution in [1.82, 2.24) is 10.2 Å². The largest absolute Gasteiger partial charge is 0.381 e. The van der Waals surface area contributed by atoms with Crippen LogP contribution in [0, 0.1) is 0 Å². The lowest BCUT2D eigenvalue weighted by atomic mass is 10.1. The van der Waals surface area contributed by atoms with Gasteiger partial charge in [0.2, 0.25) is 0 Å². The molecule has 1 aliphatic rings. The van der Waals surface area contributed by atoms with E-state index in [0.29, 0.717) is 12.1 Å². The lowest BCUT2D eigenvalue weighted by Gasteiger charge is -2.22. The zero-order chi connectivity index (χ0) is 11.8. The van der Waals surface area contributed by atoms with E-state index < -0.39 is 0 Å².